The molecule has 1 spiro atoms. The van der Waals surface area contributed by atoms with Gasteiger partial charge in [-0.25, -0.2) is 0 Å². The zero-order valence-corrected chi connectivity index (χ0v) is 14.8. The van der Waals surface area contributed by atoms with Crippen molar-refractivity contribution >= 4 is 34.8 Å². The molecule has 1 aromatic carbocycles. The van der Waals surface area contributed by atoms with Crippen molar-refractivity contribution in [1.29, 1.82) is 0 Å². The van der Waals surface area contributed by atoms with Gasteiger partial charge in [0.2, 0.25) is 0 Å². The van der Waals surface area contributed by atoms with Crippen LogP contribution in [0.2, 0.25) is 10.0 Å². The number of benzene rings is 1. The number of carbonyl (C=O) groups is 1. The number of anilines is 1. The van der Waals surface area contributed by atoms with Gasteiger partial charge in [-0.15, -0.1) is 0 Å². The van der Waals surface area contributed by atoms with Gasteiger partial charge < -0.3 is 14.4 Å². The predicted molar refractivity (Wildman–Crippen MR) is 91.2 cm³/mol. The number of halogens is 2. The molecule has 0 bridgehead atoms. The van der Waals surface area contributed by atoms with Crippen LogP contribution in [-0.2, 0) is 20.1 Å². The Morgan fingerprint density at radius 2 is 1.83 bits per heavy atom. The lowest BCUT2D eigenvalue weighted by molar-refractivity contribution is -0.180. The Kier molecular flexibility index (Phi) is 5.16. The number of ether oxygens (including phenoxy) is 2. The molecule has 1 amide bonds. The second-order valence-corrected chi connectivity index (χ2v) is 6.73. The number of amides is 1. The quantitative estimate of drug-likeness (QED) is 0.703. The van der Waals surface area contributed by atoms with Crippen molar-refractivity contribution in [2.24, 2.45) is 0 Å². The standard InChI is InChI=1S/C17H21Cl2NO3/c1-2-3-4-5-6-9-20-15-12(7-8-13(18)14(15)19)17(16(20)21)22-10-11-23-17/h7-8H,2-6,9-11H2,1H3. The fourth-order valence-electron chi connectivity index (χ4n) is 3.24. The van der Waals surface area contributed by atoms with E-state index < -0.39 is 5.79 Å². The van der Waals surface area contributed by atoms with E-state index in [1.165, 1.54) is 19.3 Å². The molecule has 126 valence electrons. The van der Waals surface area contributed by atoms with Crippen LogP contribution < -0.4 is 4.90 Å². The summed E-state index contributed by atoms with van der Waals surface area (Å²) in [4.78, 5) is 14.6. The summed E-state index contributed by atoms with van der Waals surface area (Å²) in [6, 6.07) is 3.47. The molecule has 0 N–H and O–H groups in total. The molecule has 23 heavy (non-hydrogen) atoms. The Morgan fingerprint density at radius 1 is 1.13 bits per heavy atom. The molecule has 0 radical (unpaired) electrons. The largest absolute Gasteiger partial charge is 0.336 e. The number of hydrogen-bond donors (Lipinski definition) is 0. The Bertz CT molecular complexity index is 600. The van der Waals surface area contributed by atoms with Gasteiger partial charge >= 0.3 is 0 Å². The van der Waals surface area contributed by atoms with E-state index in [1.54, 1.807) is 17.0 Å². The van der Waals surface area contributed by atoms with E-state index in [0.717, 1.165) is 12.8 Å². The third-order valence-electron chi connectivity index (χ3n) is 4.40. The highest BCUT2D eigenvalue weighted by molar-refractivity contribution is 6.44. The second kappa shape index (κ2) is 6.98. The SMILES string of the molecule is CCCCCCCN1C(=O)C2(OCCO2)c2ccc(Cl)c(Cl)c21. The topological polar surface area (TPSA) is 38.8 Å². The minimum absolute atomic E-state index is 0.190. The lowest BCUT2D eigenvalue weighted by Gasteiger charge is -2.22. The summed E-state index contributed by atoms with van der Waals surface area (Å²) in [5.41, 5.74) is 1.31. The maximum absolute atomic E-state index is 12.9. The zero-order chi connectivity index (χ0) is 16.4. The number of fused-ring (bicyclic) bond motifs is 2. The van der Waals surface area contributed by atoms with Crippen molar-refractivity contribution in [3.8, 4) is 0 Å². The van der Waals surface area contributed by atoms with E-state index in [9.17, 15) is 4.79 Å². The van der Waals surface area contributed by atoms with E-state index in [-0.39, 0.29) is 5.91 Å². The Labute approximate surface area is 146 Å². The van der Waals surface area contributed by atoms with Crippen LogP contribution >= 0.6 is 23.2 Å². The molecular weight excluding hydrogens is 337 g/mol. The molecule has 2 aliphatic heterocycles. The van der Waals surface area contributed by atoms with E-state index in [0.29, 0.717) is 41.1 Å². The van der Waals surface area contributed by atoms with Crippen molar-refractivity contribution in [3.63, 3.8) is 0 Å². The van der Waals surface area contributed by atoms with Crippen molar-refractivity contribution < 1.29 is 14.3 Å². The highest BCUT2D eigenvalue weighted by atomic mass is 35.5. The molecule has 2 aliphatic rings. The van der Waals surface area contributed by atoms with Gasteiger partial charge in [-0.1, -0.05) is 55.8 Å². The smallest absolute Gasteiger partial charge is 0.292 e. The second-order valence-electron chi connectivity index (χ2n) is 5.94. The lowest BCUT2D eigenvalue weighted by atomic mass is 10.1. The zero-order valence-electron chi connectivity index (χ0n) is 13.2. The first-order valence-electron chi connectivity index (χ1n) is 8.20. The number of hydrogen-bond acceptors (Lipinski definition) is 3. The molecule has 0 aromatic heterocycles. The summed E-state index contributed by atoms with van der Waals surface area (Å²) in [5.74, 6) is -1.52. The van der Waals surface area contributed by atoms with Gasteiger partial charge in [-0.05, 0) is 18.6 Å². The van der Waals surface area contributed by atoms with Crippen LogP contribution in [0.4, 0.5) is 5.69 Å². The summed E-state index contributed by atoms with van der Waals surface area (Å²) in [6.07, 6.45) is 5.59. The maximum Gasteiger partial charge on any atom is 0.292 e. The summed E-state index contributed by atoms with van der Waals surface area (Å²) in [7, 11) is 0. The minimum Gasteiger partial charge on any atom is -0.336 e. The maximum atomic E-state index is 12.9. The molecule has 0 saturated carbocycles. The van der Waals surface area contributed by atoms with Gasteiger partial charge in [0.05, 0.1) is 28.9 Å². The van der Waals surface area contributed by atoms with Crippen LogP contribution in [0.3, 0.4) is 0 Å². The van der Waals surface area contributed by atoms with E-state index in [4.69, 9.17) is 32.7 Å². The molecule has 1 saturated heterocycles. The molecule has 0 aliphatic carbocycles. The van der Waals surface area contributed by atoms with Gasteiger partial charge in [0, 0.05) is 12.1 Å². The van der Waals surface area contributed by atoms with Gasteiger partial charge in [0.25, 0.3) is 11.7 Å². The summed E-state index contributed by atoms with van der Waals surface area (Å²) in [6.45, 7) is 3.58. The van der Waals surface area contributed by atoms with Gasteiger partial charge in [0.1, 0.15) is 0 Å². The summed E-state index contributed by atoms with van der Waals surface area (Å²) in [5, 5.41) is 0.825. The lowest BCUT2D eigenvalue weighted by Crippen LogP contribution is -2.41. The van der Waals surface area contributed by atoms with Gasteiger partial charge in [-0.2, -0.15) is 0 Å². The summed E-state index contributed by atoms with van der Waals surface area (Å²) >= 11 is 12.5. The number of rotatable bonds is 6. The van der Waals surface area contributed by atoms with Crippen molar-refractivity contribution in [1.82, 2.24) is 0 Å². The monoisotopic (exact) mass is 357 g/mol. The first-order valence-corrected chi connectivity index (χ1v) is 8.95. The molecule has 2 heterocycles. The molecule has 4 nitrogen and oxygen atoms in total. The molecule has 1 fully saturated rings. The van der Waals surface area contributed by atoms with Crippen molar-refractivity contribution in [2.75, 3.05) is 24.7 Å². The number of nitrogens with zero attached hydrogens (tertiary/aromatic N) is 1. The molecule has 0 unspecified atom stereocenters. The Hall–Kier alpha value is -0.810. The number of carbonyl (C=O) groups excluding carboxylic acids is 1. The van der Waals surface area contributed by atoms with Crippen LogP contribution in [0.5, 0.6) is 0 Å². The highest BCUT2D eigenvalue weighted by Gasteiger charge is 2.56. The van der Waals surface area contributed by atoms with E-state index in [1.807, 2.05) is 0 Å². The molecule has 6 heteroatoms. The van der Waals surface area contributed by atoms with Gasteiger partial charge in [0.15, 0.2) is 0 Å². The molecule has 3 rings (SSSR count). The molecule has 1 aromatic rings. The van der Waals surface area contributed by atoms with Crippen LogP contribution in [0.25, 0.3) is 0 Å². The summed E-state index contributed by atoms with van der Waals surface area (Å²) < 4.78 is 11.4. The molecule has 0 atom stereocenters. The van der Waals surface area contributed by atoms with Crippen molar-refractivity contribution in [2.45, 2.75) is 44.8 Å². The first-order chi connectivity index (χ1) is 11.1. The third kappa shape index (κ3) is 2.86. The van der Waals surface area contributed by atoms with Crippen LogP contribution in [0.1, 0.15) is 44.6 Å². The third-order valence-corrected chi connectivity index (χ3v) is 5.19. The van der Waals surface area contributed by atoms with Crippen molar-refractivity contribution in [3.05, 3.63) is 27.7 Å². The minimum atomic E-state index is -1.33. The average Bonchev–Trinajstić information content (AvgIpc) is 3.11. The fraction of sp³-hybridized carbons (Fsp3) is 0.588. The van der Waals surface area contributed by atoms with E-state index in [2.05, 4.69) is 6.92 Å². The number of unbranched alkanes of at least 4 members (excludes halogenated alkanes) is 4. The normalized spacial score (nSPS) is 18.9. The van der Waals surface area contributed by atoms with Crippen LogP contribution in [0.15, 0.2) is 12.1 Å². The fourth-order valence-corrected chi connectivity index (χ4v) is 3.66. The predicted octanol–water partition coefficient (Wildman–Crippen LogP) is 4.51. The van der Waals surface area contributed by atoms with Crippen LogP contribution in [0, 0.1) is 0 Å². The van der Waals surface area contributed by atoms with Gasteiger partial charge in [-0.3, -0.25) is 4.79 Å². The molecular formula is C17H21Cl2NO3. The Morgan fingerprint density at radius 3 is 2.52 bits per heavy atom. The Balaban J connectivity index is 1.86. The first kappa shape index (κ1) is 17.0. The average molecular weight is 358 g/mol. The van der Waals surface area contributed by atoms with E-state index >= 15 is 0 Å². The highest BCUT2D eigenvalue weighted by Crippen LogP contribution is 2.50. The van der Waals surface area contributed by atoms with Crippen LogP contribution in [-0.4, -0.2) is 25.7 Å².